The summed E-state index contributed by atoms with van der Waals surface area (Å²) < 4.78 is 4.34. The maximum atomic E-state index is 2.83. The van der Waals surface area contributed by atoms with E-state index in [0.29, 0.717) is 8.45 Å². The van der Waals surface area contributed by atoms with E-state index in [0.717, 1.165) is 11.8 Å². The summed E-state index contributed by atoms with van der Waals surface area (Å²) in [7, 11) is 0. The van der Waals surface area contributed by atoms with Crippen LogP contribution in [-0.2, 0) is 38.2 Å². The van der Waals surface area contributed by atoms with Crippen LogP contribution < -0.4 is 24.8 Å². The molecule has 330 valence electrons. The molecule has 2 atom stereocenters. The zero-order chi connectivity index (χ0) is 42.6. The fourth-order valence-electron chi connectivity index (χ4n) is 12.5. The first-order valence-corrected chi connectivity index (χ1v) is 28.3. The van der Waals surface area contributed by atoms with Gasteiger partial charge in [0.15, 0.2) is 0 Å². The second-order valence-corrected chi connectivity index (χ2v) is 31.6. The van der Waals surface area contributed by atoms with Gasteiger partial charge in [-0.15, -0.1) is 0 Å². The van der Waals surface area contributed by atoms with Crippen molar-refractivity contribution < 1.29 is 41.4 Å². The van der Waals surface area contributed by atoms with Crippen LogP contribution in [0.2, 0.25) is 9.45 Å². The Bertz CT molecular complexity index is 2140. The largest absolute Gasteiger partial charge is 1.00 e. The van der Waals surface area contributed by atoms with Gasteiger partial charge in [0, 0.05) is 0 Å². The molecule has 0 amide bonds. The van der Waals surface area contributed by atoms with Crippen LogP contribution in [0.15, 0.2) is 83.9 Å². The number of allylic oxidation sites excluding steroid dienone is 2. The minimum absolute atomic E-state index is 0. The van der Waals surface area contributed by atoms with Crippen molar-refractivity contribution in [1.29, 1.82) is 0 Å². The third kappa shape index (κ3) is 8.49. The minimum Gasteiger partial charge on any atom is -1.00 e. The Balaban J connectivity index is 0.00000289. The van der Waals surface area contributed by atoms with E-state index in [1.807, 2.05) is 11.1 Å². The number of rotatable bonds is 6. The van der Waals surface area contributed by atoms with Gasteiger partial charge in [0.25, 0.3) is 0 Å². The summed E-state index contributed by atoms with van der Waals surface area (Å²) in [5.41, 5.74) is 22.4. The zero-order valence-electron chi connectivity index (χ0n) is 40.4. The summed E-state index contributed by atoms with van der Waals surface area (Å²) in [5, 5.41) is 0. The topological polar surface area (TPSA) is 0 Å². The molecule has 62 heavy (non-hydrogen) atoms. The van der Waals surface area contributed by atoms with Gasteiger partial charge >= 0.3 is 372 Å². The van der Waals surface area contributed by atoms with Crippen molar-refractivity contribution in [2.45, 2.75) is 180 Å². The minimum atomic E-state index is -2.75. The Hall–Kier alpha value is -2.35. The monoisotopic (exact) mass is 902 g/mol. The van der Waals surface area contributed by atoms with Crippen LogP contribution >= 0.6 is 0 Å². The zero-order valence-corrected chi connectivity index (χ0v) is 43.5. The van der Waals surface area contributed by atoms with E-state index in [1.165, 1.54) is 112 Å². The number of hydrogen-bond acceptors (Lipinski definition) is 0. The molecule has 2 saturated carbocycles. The van der Waals surface area contributed by atoms with Crippen molar-refractivity contribution in [1.82, 2.24) is 0 Å². The first-order valence-electron chi connectivity index (χ1n) is 24.3. The molecular weight excluding hydrogens is 827 g/mol. The van der Waals surface area contributed by atoms with Gasteiger partial charge in [0.05, 0.1) is 0 Å². The van der Waals surface area contributed by atoms with Gasteiger partial charge in [-0.2, -0.15) is 0 Å². The molecule has 0 aromatic heterocycles. The number of benzene rings is 4. The number of hydrogen-bond donors (Lipinski definition) is 0. The molecular formula is C59H76Cl2Ti. The van der Waals surface area contributed by atoms with Crippen LogP contribution in [0.3, 0.4) is 0 Å². The van der Waals surface area contributed by atoms with Crippen LogP contribution in [0.5, 0.6) is 0 Å². The first kappa shape index (κ1) is 47.6. The molecule has 3 heteroatoms. The second kappa shape index (κ2) is 17.1. The molecule has 1 heterocycles. The van der Waals surface area contributed by atoms with Crippen molar-refractivity contribution >= 4 is 12.2 Å². The molecule has 5 aliphatic rings. The summed E-state index contributed by atoms with van der Waals surface area (Å²) >= 11 is -2.75. The van der Waals surface area contributed by atoms with E-state index >= 15 is 0 Å². The fourth-order valence-corrected chi connectivity index (χ4v) is 22.4. The van der Waals surface area contributed by atoms with Gasteiger partial charge in [-0.3, -0.25) is 0 Å². The van der Waals surface area contributed by atoms with Crippen molar-refractivity contribution in [2.75, 3.05) is 0 Å². The third-order valence-electron chi connectivity index (χ3n) is 16.2. The molecule has 4 aliphatic carbocycles. The van der Waals surface area contributed by atoms with Gasteiger partial charge in [0.1, 0.15) is 0 Å². The molecule has 0 radical (unpaired) electrons. The summed E-state index contributed by atoms with van der Waals surface area (Å²) in [5.74, 6) is 1.48. The SMILES string of the molecule is CC(C)(C)c1cc(-c2cccc3c2C=C(C2CCCC2)[CH]3[Ti+2]2([CH]3C(C4CCCC4)=Cc4c(-c5cc(C(C)(C)C)cc(C(C)(C)C)c5)cccc43)[CH2]C[CH2]2)cc(C(C)(C)C)c1.[Cl-].[Cl-]. The van der Waals surface area contributed by atoms with Crippen LogP contribution in [0.25, 0.3) is 34.4 Å². The van der Waals surface area contributed by atoms with Gasteiger partial charge in [-0.25, -0.2) is 0 Å². The van der Waals surface area contributed by atoms with Crippen molar-refractivity contribution in [2.24, 2.45) is 11.8 Å². The van der Waals surface area contributed by atoms with E-state index in [9.17, 15) is 0 Å². The second-order valence-electron chi connectivity index (χ2n) is 24.4. The normalized spacial score (nSPS) is 20.9. The number of fused-ring (bicyclic) bond motifs is 2. The van der Waals surface area contributed by atoms with E-state index in [-0.39, 0.29) is 46.5 Å². The molecule has 3 fully saturated rings. The molecule has 9 rings (SSSR count). The molecule has 0 nitrogen and oxygen atoms in total. The molecule has 4 aromatic rings. The molecule has 0 N–H and O–H groups in total. The maximum absolute atomic E-state index is 2.83. The van der Waals surface area contributed by atoms with Crippen LogP contribution in [-0.4, -0.2) is 0 Å². The van der Waals surface area contributed by atoms with Crippen LogP contribution in [0, 0.1) is 11.8 Å². The molecule has 0 bridgehead atoms. The molecule has 0 spiro atoms. The molecule has 1 aliphatic heterocycles. The van der Waals surface area contributed by atoms with Crippen molar-refractivity contribution in [3.63, 3.8) is 0 Å². The molecule has 4 aromatic carbocycles. The number of halogens is 2. The average Bonchev–Trinajstić information content (AvgIpc) is 4.00. The summed E-state index contributed by atoms with van der Waals surface area (Å²) in [6, 6.07) is 30.4. The summed E-state index contributed by atoms with van der Waals surface area (Å²) in [4.78, 5) is 0. The van der Waals surface area contributed by atoms with Crippen LogP contribution in [0.4, 0.5) is 0 Å². The van der Waals surface area contributed by atoms with Crippen molar-refractivity contribution in [3.8, 4) is 22.3 Å². The van der Waals surface area contributed by atoms with Gasteiger partial charge in [-0.05, 0) is 0 Å². The quantitative estimate of drug-likeness (QED) is 0.169. The Morgan fingerprint density at radius 1 is 0.419 bits per heavy atom. The van der Waals surface area contributed by atoms with Crippen molar-refractivity contribution in [3.05, 3.63) is 128 Å². The predicted molar refractivity (Wildman–Crippen MR) is 258 cm³/mol. The Kier molecular flexibility index (Phi) is 13.2. The molecule has 1 saturated heterocycles. The van der Waals surface area contributed by atoms with Gasteiger partial charge < -0.3 is 24.8 Å². The van der Waals surface area contributed by atoms with Gasteiger partial charge in [0.2, 0.25) is 0 Å². The average molecular weight is 904 g/mol. The Morgan fingerprint density at radius 3 is 1.02 bits per heavy atom. The van der Waals surface area contributed by atoms with Gasteiger partial charge in [-0.1, -0.05) is 0 Å². The summed E-state index contributed by atoms with van der Waals surface area (Å²) in [6.07, 6.45) is 18.2. The van der Waals surface area contributed by atoms with E-state index in [1.54, 1.807) is 22.3 Å². The van der Waals surface area contributed by atoms with E-state index in [2.05, 4.69) is 168 Å². The predicted octanol–water partition coefficient (Wildman–Crippen LogP) is 11.6. The Labute approximate surface area is 393 Å². The summed E-state index contributed by atoms with van der Waals surface area (Å²) in [6.45, 7) is 28.7. The van der Waals surface area contributed by atoms with E-state index in [4.69, 9.17) is 0 Å². The molecule has 2 unspecified atom stereocenters. The fraction of sp³-hybridized carbons (Fsp3) is 0.525. The third-order valence-corrected chi connectivity index (χ3v) is 25.8. The van der Waals surface area contributed by atoms with Crippen LogP contribution in [0.1, 0.15) is 194 Å². The Morgan fingerprint density at radius 2 is 0.742 bits per heavy atom. The standard InChI is InChI=1S/2C28H35.C3H6.2ClH.Ti/c2*1-27(2,3)23-15-22(16-24(18-23)28(4,5)6)25-13-9-12-20-14-21(17-26(20)25)19-10-7-8-11-19;1-3-2;;;/h2*9,12-19H,7-8,10-11H2,1-6H3;1-3H2;2*1H;/q;;;;;+2/p-2. The van der Waals surface area contributed by atoms with E-state index < -0.39 is 16.6 Å². The maximum Gasteiger partial charge on any atom is -1.00 e. The smallest absolute Gasteiger partial charge is 1.00 e. The first-order chi connectivity index (χ1) is 28.2.